The van der Waals surface area contributed by atoms with Crippen molar-refractivity contribution in [3.63, 3.8) is 0 Å². The molecule has 1 fully saturated rings. The monoisotopic (exact) mass is 329 g/mol. The Kier molecular flexibility index (Phi) is 5.35. The van der Waals surface area contributed by atoms with Gasteiger partial charge in [0.2, 0.25) is 0 Å². The molecule has 1 aliphatic rings. The van der Waals surface area contributed by atoms with Gasteiger partial charge in [-0.05, 0) is 12.0 Å². The molecule has 0 radical (unpaired) electrons. The van der Waals surface area contributed by atoms with Crippen molar-refractivity contribution in [2.24, 2.45) is 0 Å². The number of aromatic nitrogens is 2. The van der Waals surface area contributed by atoms with Gasteiger partial charge in [0, 0.05) is 12.8 Å². The minimum atomic E-state index is -0.462. The third kappa shape index (κ3) is 4.06. The van der Waals surface area contributed by atoms with E-state index in [9.17, 15) is 9.59 Å². The van der Waals surface area contributed by atoms with Gasteiger partial charge in [-0.25, -0.2) is 4.98 Å². The molecule has 2 N–H and O–H groups in total. The molecule has 0 aliphatic carbocycles. The van der Waals surface area contributed by atoms with Gasteiger partial charge in [0.05, 0.1) is 25.6 Å². The summed E-state index contributed by atoms with van der Waals surface area (Å²) < 4.78 is 11.4. The summed E-state index contributed by atoms with van der Waals surface area (Å²) in [5.74, 6) is -0.454. The van der Waals surface area contributed by atoms with Crippen LogP contribution < -0.4 is 10.9 Å². The fourth-order valence-electron chi connectivity index (χ4n) is 2.57. The van der Waals surface area contributed by atoms with Gasteiger partial charge in [-0.3, -0.25) is 9.59 Å². The Bertz CT molecular complexity index is 732. The zero-order valence-electron chi connectivity index (χ0n) is 13.1. The van der Waals surface area contributed by atoms with Crippen molar-refractivity contribution >= 4 is 5.91 Å². The van der Waals surface area contributed by atoms with Crippen LogP contribution >= 0.6 is 0 Å². The van der Waals surface area contributed by atoms with Gasteiger partial charge >= 0.3 is 0 Å². The summed E-state index contributed by atoms with van der Waals surface area (Å²) in [6, 6.07) is 9.59. The average Bonchev–Trinajstić information content (AvgIpc) is 2.62. The molecule has 0 saturated carbocycles. The third-order valence-electron chi connectivity index (χ3n) is 3.89. The largest absolute Gasteiger partial charge is 0.379 e. The molecule has 1 saturated heterocycles. The number of hydrogen-bond donors (Lipinski definition) is 2. The molecule has 0 bridgehead atoms. The van der Waals surface area contributed by atoms with E-state index in [1.807, 2.05) is 30.3 Å². The number of benzene rings is 1. The SMILES string of the molecule is O=C(N[C@@H]1CCOC[C@H]1OCc1ccccc1)c1cnc[nH]c1=O. The van der Waals surface area contributed by atoms with Gasteiger partial charge in [0.15, 0.2) is 0 Å². The number of H-pyrrole nitrogens is 1. The van der Waals surface area contributed by atoms with Crippen molar-refractivity contribution in [3.05, 3.63) is 64.3 Å². The van der Waals surface area contributed by atoms with Gasteiger partial charge in [0.25, 0.3) is 11.5 Å². The molecule has 3 rings (SSSR count). The van der Waals surface area contributed by atoms with Gasteiger partial charge < -0.3 is 19.8 Å². The topological polar surface area (TPSA) is 93.3 Å². The highest BCUT2D eigenvalue weighted by atomic mass is 16.5. The standard InChI is InChI=1S/C17H19N3O4/c21-16-13(8-18-11-19-16)17(22)20-14-6-7-23-10-15(14)24-9-12-4-2-1-3-5-12/h1-5,8,11,14-15H,6-7,9-10H2,(H,20,22)(H,18,19,21)/t14-,15-/m1/s1. The minimum Gasteiger partial charge on any atom is -0.379 e. The highest BCUT2D eigenvalue weighted by Gasteiger charge is 2.29. The van der Waals surface area contributed by atoms with Crippen LogP contribution in [0, 0.1) is 0 Å². The van der Waals surface area contributed by atoms with Crippen molar-refractivity contribution in [2.75, 3.05) is 13.2 Å². The summed E-state index contributed by atoms with van der Waals surface area (Å²) in [5, 5.41) is 2.86. The van der Waals surface area contributed by atoms with Crippen molar-refractivity contribution < 1.29 is 14.3 Å². The number of nitrogens with one attached hydrogen (secondary N) is 2. The van der Waals surface area contributed by atoms with E-state index in [2.05, 4.69) is 15.3 Å². The number of rotatable bonds is 5. The van der Waals surface area contributed by atoms with Crippen LogP contribution in [0.5, 0.6) is 0 Å². The molecule has 1 amide bonds. The Morgan fingerprint density at radius 3 is 3.00 bits per heavy atom. The lowest BCUT2D eigenvalue weighted by molar-refractivity contribution is -0.0736. The second-order valence-electron chi connectivity index (χ2n) is 5.57. The summed E-state index contributed by atoms with van der Waals surface area (Å²) in [4.78, 5) is 30.1. The van der Waals surface area contributed by atoms with Gasteiger partial charge in [0.1, 0.15) is 11.7 Å². The van der Waals surface area contributed by atoms with E-state index in [0.717, 1.165) is 5.56 Å². The maximum atomic E-state index is 12.3. The zero-order valence-corrected chi connectivity index (χ0v) is 13.1. The Morgan fingerprint density at radius 2 is 2.21 bits per heavy atom. The number of aromatic amines is 1. The number of nitrogens with zero attached hydrogens (tertiary/aromatic N) is 1. The molecule has 7 heteroatoms. The minimum absolute atomic E-state index is 0.00852. The predicted molar refractivity (Wildman–Crippen MR) is 86.6 cm³/mol. The zero-order chi connectivity index (χ0) is 16.8. The summed E-state index contributed by atoms with van der Waals surface area (Å²) in [6.45, 7) is 1.38. The molecule has 24 heavy (non-hydrogen) atoms. The Hall–Kier alpha value is -2.51. The van der Waals surface area contributed by atoms with Crippen LogP contribution in [0.4, 0.5) is 0 Å². The Balaban J connectivity index is 1.63. The molecule has 1 aromatic heterocycles. The number of carbonyl (C=O) groups excluding carboxylic acids is 1. The maximum Gasteiger partial charge on any atom is 0.263 e. The maximum absolute atomic E-state index is 12.3. The predicted octanol–water partition coefficient (Wildman–Crippen LogP) is 0.874. The summed E-state index contributed by atoms with van der Waals surface area (Å²) >= 11 is 0. The van der Waals surface area contributed by atoms with Crippen molar-refractivity contribution in [2.45, 2.75) is 25.2 Å². The lowest BCUT2D eigenvalue weighted by Gasteiger charge is -2.32. The molecular weight excluding hydrogens is 310 g/mol. The van der Waals surface area contributed by atoms with Crippen molar-refractivity contribution in [1.82, 2.24) is 15.3 Å². The number of hydrogen-bond acceptors (Lipinski definition) is 5. The van der Waals surface area contributed by atoms with E-state index in [4.69, 9.17) is 9.47 Å². The van der Waals surface area contributed by atoms with Crippen LogP contribution in [0.15, 0.2) is 47.7 Å². The number of amides is 1. The summed E-state index contributed by atoms with van der Waals surface area (Å²) in [5.41, 5.74) is 0.582. The number of ether oxygens (including phenoxy) is 2. The molecule has 2 heterocycles. The van der Waals surface area contributed by atoms with Crippen LogP contribution in [0.25, 0.3) is 0 Å². The van der Waals surface area contributed by atoms with E-state index in [-0.39, 0.29) is 17.7 Å². The van der Waals surface area contributed by atoms with E-state index < -0.39 is 11.5 Å². The second kappa shape index (κ2) is 7.85. The van der Waals surface area contributed by atoms with E-state index in [0.29, 0.717) is 26.2 Å². The van der Waals surface area contributed by atoms with Gasteiger partial charge in [-0.1, -0.05) is 30.3 Å². The fraction of sp³-hybridized carbons (Fsp3) is 0.353. The first-order valence-electron chi connectivity index (χ1n) is 7.81. The molecule has 0 unspecified atom stereocenters. The molecule has 126 valence electrons. The van der Waals surface area contributed by atoms with Crippen molar-refractivity contribution in [3.8, 4) is 0 Å². The summed E-state index contributed by atoms with van der Waals surface area (Å²) in [6.07, 6.45) is 2.87. The third-order valence-corrected chi connectivity index (χ3v) is 3.89. The molecule has 0 spiro atoms. The number of carbonyl (C=O) groups is 1. The van der Waals surface area contributed by atoms with Crippen LogP contribution in [0.2, 0.25) is 0 Å². The first kappa shape index (κ1) is 16.4. The van der Waals surface area contributed by atoms with E-state index in [1.165, 1.54) is 12.5 Å². The lowest BCUT2D eigenvalue weighted by Crippen LogP contribution is -2.50. The smallest absolute Gasteiger partial charge is 0.263 e. The average molecular weight is 329 g/mol. The highest BCUT2D eigenvalue weighted by Crippen LogP contribution is 2.14. The second-order valence-corrected chi connectivity index (χ2v) is 5.57. The lowest BCUT2D eigenvalue weighted by atomic mass is 10.1. The van der Waals surface area contributed by atoms with Crippen LogP contribution in [-0.2, 0) is 16.1 Å². The van der Waals surface area contributed by atoms with Gasteiger partial charge in [-0.15, -0.1) is 0 Å². The van der Waals surface area contributed by atoms with Crippen LogP contribution in [-0.4, -0.2) is 41.2 Å². The summed E-state index contributed by atoms with van der Waals surface area (Å²) in [7, 11) is 0. The van der Waals surface area contributed by atoms with Crippen LogP contribution in [0.1, 0.15) is 22.3 Å². The molecule has 2 atom stereocenters. The quantitative estimate of drug-likeness (QED) is 0.849. The normalized spacial score (nSPS) is 20.5. The molecule has 2 aromatic rings. The highest BCUT2D eigenvalue weighted by molar-refractivity contribution is 5.93. The Morgan fingerprint density at radius 1 is 1.38 bits per heavy atom. The van der Waals surface area contributed by atoms with E-state index >= 15 is 0 Å². The first-order chi connectivity index (χ1) is 11.7. The van der Waals surface area contributed by atoms with E-state index in [1.54, 1.807) is 0 Å². The molecular formula is C17H19N3O4. The van der Waals surface area contributed by atoms with Gasteiger partial charge in [-0.2, -0.15) is 0 Å². The first-order valence-corrected chi connectivity index (χ1v) is 7.81. The molecule has 7 nitrogen and oxygen atoms in total. The van der Waals surface area contributed by atoms with Crippen LogP contribution in [0.3, 0.4) is 0 Å². The van der Waals surface area contributed by atoms with Crippen molar-refractivity contribution in [1.29, 1.82) is 0 Å². The molecule has 1 aliphatic heterocycles. The molecule has 1 aromatic carbocycles. The Labute approximate surface area is 139 Å². The fourth-order valence-corrected chi connectivity index (χ4v) is 2.57.